The standard InChI is InChI=1S/C16H22O.C16H24.C15H19FO.C14H18O3S.CH4/c1-10(2)12-5-6-15-14(7-12)8-13(11(3)4)9-16(15)17;1-11(2)14-7-5-13-6-8-15(12(3)4)10-16(13)9-14;1-8(2)11-6-5-10-7-12(9(3)4)15(17)13(10)14(11)16;1-8(2)10-5-6-12-11(7-10)13(15)14(9(3)4)18(12,16)17;/h5-7,10-11,13H,8-9H2,1-4H3;5,7,9,11-12,15H,6,8,10H2,1-4H3;5-6,8-9,12H,7H2,1-4H3;5-9,14H,1-4H3;1H4. The van der Waals surface area contributed by atoms with E-state index >= 15 is 0 Å². The van der Waals surface area contributed by atoms with E-state index in [0.717, 1.165) is 41.4 Å². The number of hydrogen-bond donors (Lipinski definition) is 0. The topological polar surface area (TPSA) is 85.3 Å². The van der Waals surface area contributed by atoms with Gasteiger partial charge in [0.25, 0.3) is 0 Å². The van der Waals surface area contributed by atoms with Gasteiger partial charge in [0.2, 0.25) is 0 Å². The van der Waals surface area contributed by atoms with Crippen LogP contribution in [0, 0.1) is 47.2 Å². The summed E-state index contributed by atoms with van der Waals surface area (Å²) in [4.78, 5) is 36.7. The maximum atomic E-state index is 14.3. The molecule has 1 aliphatic heterocycles. The summed E-state index contributed by atoms with van der Waals surface area (Å²) < 4.78 is 38.9. The Kier molecular flexibility index (Phi) is 19.8. The summed E-state index contributed by atoms with van der Waals surface area (Å²) in [5.74, 6) is 4.27. The summed E-state index contributed by atoms with van der Waals surface area (Å²) in [6.07, 6.45) is 6.46. The van der Waals surface area contributed by atoms with Gasteiger partial charge in [0.15, 0.2) is 27.2 Å². The lowest BCUT2D eigenvalue weighted by Crippen LogP contribution is -2.28. The first-order valence-electron chi connectivity index (χ1n) is 25.8. The van der Waals surface area contributed by atoms with Gasteiger partial charge in [-0.15, -0.1) is 0 Å². The van der Waals surface area contributed by atoms with E-state index in [4.69, 9.17) is 0 Å². The molecule has 4 aromatic carbocycles. The zero-order valence-corrected chi connectivity index (χ0v) is 45.2. The zero-order valence-electron chi connectivity index (χ0n) is 44.3. The molecule has 0 spiro atoms. The molecule has 0 radical (unpaired) electrons. The van der Waals surface area contributed by atoms with E-state index in [0.29, 0.717) is 52.6 Å². The number of aryl methyl sites for hydroxylation is 1. The summed E-state index contributed by atoms with van der Waals surface area (Å²) >= 11 is 0. The highest BCUT2D eigenvalue weighted by Crippen LogP contribution is 2.38. The van der Waals surface area contributed by atoms with Crippen LogP contribution < -0.4 is 0 Å². The van der Waals surface area contributed by atoms with Gasteiger partial charge >= 0.3 is 0 Å². The van der Waals surface area contributed by atoms with Crippen molar-refractivity contribution in [3.63, 3.8) is 0 Å². The van der Waals surface area contributed by atoms with E-state index < -0.39 is 15.1 Å². The van der Waals surface area contributed by atoms with Crippen LogP contribution in [0.5, 0.6) is 0 Å². The van der Waals surface area contributed by atoms with Gasteiger partial charge in [-0.1, -0.05) is 173 Å². The Morgan fingerprint density at radius 3 is 1.55 bits per heavy atom. The van der Waals surface area contributed by atoms with Gasteiger partial charge in [0, 0.05) is 23.5 Å². The number of fused-ring (bicyclic) bond motifs is 4. The van der Waals surface area contributed by atoms with Crippen molar-refractivity contribution in [2.75, 3.05) is 0 Å². The molecule has 378 valence electrons. The molecule has 0 amide bonds. The third-order valence-corrected chi connectivity index (χ3v) is 17.6. The van der Waals surface area contributed by atoms with Gasteiger partial charge in [-0.05, 0) is 148 Å². The Labute approximate surface area is 418 Å². The lowest BCUT2D eigenvalue weighted by Gasteiger charge is -2.28. The molecule has 4 unspecified atom stereocenters. The van der Waals surface area contributed by atoms with E-state index in [1.165, 1.54) is 36.0 Å². The average molecular weight is 963 g/mol. The first-order chi connectivity index (χ1) is 31.8. The predicted octanol–water partition coefficient (Wildman–Crippen LogP) is 16.2. The first kappa shape index (κ1) is 57.3. The van der Waals surface area contributed by atoms with Crippen LogP contribution >= 0.6 is 0 Å². The molecule has 0 saturated heterocycles. The van der Waals surface area contributed by atoms with Gasteiger partial charge in [-0.3, -0.25) is 14.4 Å². The molecule has 0 N–H and O–H groups in total. The Morgan fingerprint density at radius 1 is 0.493 bits per heavy atom. The van der Waals surface area contributed by atoms with E-state index in [1.54, 1.807) is 43.2 Å². The van der Waals surface area contributed by atoms with Gasteiger partial charge in [-0.25, -0.2) is 12.8 Å². The molecule has 4 aromatic rings. The third-order valence-electron chi connectivity index (χ3n) is 15.2. The molecular formula is C62H87FO5S. The quantitative estimate of drug-likeness (QED) is 0.176. The maximum absolute atomic E-state index is 14.3. The molecule has 8 rings (SSSR count). The molecular weight excluding hydrogens is 876 g/mol. The van der Waals surface area contributed by atoms with E-state index in [2.05, 4.69) is 85.7 Å². The molecule has 0 bridgehead atoms. The fourth-order valence-electron chi connectivity index (χ4n) is 10.3. The lowest BCUT2D eigenvalue weighted by atomic mass is 9.77. The molecule has 4 atom stereocenters. The van der Waals surface area contributed by atoms with Crippen LogP contribution in [-0.2, 0) is 35.5 Å². The van der Waals surface area contributed by atoms with Gasteiger partial charge in [-0.2, -0.15) is 0 Å². The number of Topliss-reactive ketones (excluding diaryl/α,β-unsaturated/α-hetero) is 3. The smallest absolute Gasteiger partial charge is 0.189 e. The van der Waals surface area contributed by atoms with E-state index in [-0.39, 0.29) is 59.3 Å². The van der Waals surface area contributed by atoms with Crippen molar-refractivity contribution in [1.29, 1.82) is 0 Å². The minimum Gasteiger partial charge on any atom is -0.294 e. The van der Waals surface area contributed by atoms with Crippen molar-refractivity contribution in [2.24, 2.45) is 41.4 Å². The highest BCUT2D eigenvalue weighted by atomic mass is 32.2. The fourth-order valence-corrected chi connectivity index (χ4v) is 12.5. The number of halogens is 1. The van der Waals surface area contributed by atoms with E-state index in [1.807, 2.05) is 59.7 Å². The summed E-state index contributed by atoms with van der Waals surface area (Å²) in [5.41, 5.74) is 11.6. The second-order valence-corrected chi connectivity index (χ2v) is 24.9. The minimum absolute atomic E-state index is 0. The first-order valence-corrected chi connectivity index (χ1v) is 27.4. The fraction of sp³-hybridized carbons (Fsp3) is 0.565. The number of benzene rings is 4. The maximum Gasteiger partial charge on any atom is 0.189 e. The molecule has 3 aliphatic carbocycles. The van der Waals surface area contributed by atoms with Gasteiger partial charge < -0.3 is 0 Å². The number of ketones is 3. The number of carbonyl (C=O) groups is 3. The average Bonchev–Trinajstić information content (AvgIpc) is 3.72. The minimum atomic E-state index is -3.49. The number of sulfone groups is 1. The van der Waals surface area contributed by atoms with Crippen molar-refractivity contribution in [2.45, 2.75) is 191 Å². The van der Waals surface area contributed by atoms with Crippen molar-refractivity contribution in [3.05, 3.63) is 134 Å². The van der Waals surface area contributed by atoms with Crippen molar-refractivity contribution in [3.8, 4) is 0 Å². The van der Waals surface area contributed by atoms with E-state index in [9.17, 15) is 27.2 Å². The Morgan fingerprint density at radius 2 is 1.01 bits per heavy atom. The number of hydrogen-bond acceptors (Lipinski definition) is 5. The Balaban J connectivity index is 0.000000200. The van der Waals surface area contributed by atoms with Crippen LogP contribution in [0.15, 0.2) is 71.6 Å². The largest absolute Gasteiger partial charge is 0.294 e. The molecule has 69 heavy (non-hydrogen) atoms. The number of rotatable bonds is 8. The Bertz CT molecular complexity index is 2560. The molecule has 0 fully saturated rings. The van der Waals surface area contributed by atoms with Crippen LogP contribution in [0.1, 0.15) is 230 Å². The molecule has 5 nitrogen and oxygen atoms in total. The molecule has 4 aliphatic rings. The Hall–Kier alpha value is -4.23. The second-order valence-electron chi connectivity index (χ2n) is 22.9. The van der Waals surface area contributed by atoms with Crippen molar-refractivity contribution >= 4 is 27.2 Å². The normalized spacial score (nSPS) is 20.0. The highest BCUT2D eigenvalue weighted by Gasteiger charge is 2.46. The summed E-state index contributed by atoms with van der Waals surface area (Å²) in [6, 6.07) is 22.4. The SMILES string of the molecule is C.CC(C)c1ccc2c(c1)C(=O)C(C(C)C)S2(=O)=O.CC(C)c1ccc2c(c1)CC(C(C)C)CC2.CC(C)c1ccc2c(c1)CC(C(C)C)CC2=O.CC(C)c1ccc2c(c1F)C(=O)C(C(C)C)C2. The summed E-state index contributed by atoms with van der Waals surface area (Å²) in [6.45, 7) is 33.7. The van der Waals surface area contributed by atoms with Gasteiger partial charge in [0.05, 0.1) is 10.5 Å². The predicted molar refractivity (Wildman–Crippen MR) is 287 cm³/mol. The lowest BCUT2D eigenvalue weighted by molar-refractivity contribution is 0.0900. The van der Waals surface area contributed by atoms with Crippen molar-refractivity contribution < 1.29 is 27.2 Å². The summed E-state index contributed by atoms with van der Waals surface area (Å²) in [5, 5.41) is -0.907. The molecule has 0 aromatic heterocycles. The second kappa shape index (κ2) is 23.8. The molecule has 0 saturated carbocycles. The monoisotopic (exact) mass is 963 g/mol. The van der Waals surface area contributed by atoms with Gasteiger partial charge in [0.1, 0.15) is 11.1 Å². The van der Waals surface area contributed by atoms with Crippen LogP contribution in [0.2, 0.25) is 0 Å². The highest BCUT2D eigenvalue weighted by molar-refractivity contribution is 7.93. The van der Waals surface area contributed by atoms with Crippen LogP contribution in [0.3, 0.4) is 0 Å². The van der Waals surface area contributed by atoms with Crippen LogP contribution in [0.25, 0.3) is 0 Å². The molecule has 7 heteroatoms. The van der Waals surface area contributed by atoms with Crippen molar-refractivity contribution in [1.82, 2.24) is 0 Å². The summed E-state index contributed by atoms with van der Waals surface area (Å²) in [7, 11) is -3.49. The third kappa shape index (κ3) is 13.0. The number of carbonyl (C=O) groups excluding carboxylic acids is 3. The zero-order chi connectivity index (χ0) is 50.7. The molecule has 1 heterocycles. The van der Waals surface area contributed by atoms with Crippen LogP contribution in [-0.4, -0.2) is 31.0 Å². The van der Waals surface area contributed by atoms with Crippen LogP contribution in [0.4, 0.5) is 4.39 Å².